The molecule has 0 aromatic heterocycles. The van der Waals surface area contributed by atoms with Crippen molar-refractivity contribution in [1.82, 2.24) is 0 Å². The van der Waals surface area contributed by atoms with Gasteiger partial charge in [-0.2, -0.15) is 0 Å². The third-order valence-corrected chi connectivity index (χ3v) is 8.27. The van der Waals surface area contributed by atoms with Crippen LogP contribution in [0.25, 0.3) is 0 Å². The van der Waals surface area contributed by atoms with Crippen LogP contribution in [-0.4, -0.2) is 216 Å². The first-order valence-corrected chi connectivity index (χ1v) is 14.2. The summed E-state index contributed by atoms with van der Waals surface area (Å²) in [7, 11) is 0. The van der Waals surface area contributed by atoms with E-state index >= 15 is 0 Å². The predicted octanol–water partition coefficient (Wildman–Crippen LogP) is -9.78. The van der Waals surface area contributed by atoms with E-state index < -0.39 is 149 Å². The summed E-state index contributed by atoms with van der Waals surface area (Å²) in [4.78, 5) is 0. The minimum atomic E-state index is -2.04. The number of hydrogen-bond acceptors (Lipinski definition) is 21. The van der Waals surface area contributed by atoms with Crippen LogP contribution in [0.4, 0.5) is 0 Å². The number of nitrogens with two attached hydrogens (primary N) is 1. The highest BCUT2D eigenvalue weighted by atomic mass is 16.8. The maximum atomic E-state index is 11.0. The van der Waals surface area contributed by atoms with Gasteiger partial charge in [-0.05, 0) is 0 Å². The summed E-state index contributed by atoms with van der Waals surface area (Å²) in [6.07, 6.45) is -32.6. The summed E-state index contributed by atoms with van der Waals surface area (Å²) < 4.78 is 38.1. The Labute approximate surface area is 255 Å². The molecule has 20 unspecified atom stereocenters. The van der Waals surface area contributed by atoms with Crippen molar-refractivity contribution in [3.05, 3.63) is 0 Å². The smallest absolute Gasteiger partial charge is 0.187 e. The van der Waals surface area contributed by atoms with E-state index in [1.165, 1.54) is 0 Å². The molecule has 21 nitrogen and oxygen atoms in total. The van der Waals surface area contributed by atoms with Gasteiger partial charge in [0.1, 0.15) is 91.6 Å². The minimum Gasteiger partial charge on any atom is -0.394 e. The summed E-state index contributed by atoms with van der Waals surface area (Å²) in [6, 6.07) is -1.46. The molecule has 0 spiro atoms. The first kappa shape index (κ1) is 37.0. The van der Waals surface area contributed by atoms with Crippen molar-refractivity contribution in [3.8, 4) is 0 Å². The third kappa shape index (κ3) is 7.59. The molecule has 0 aromatic carbocycles. The van der Waals surface area contributed by atoms with Crippen molar-refractivity contribution >= 4 is 0 Å². The number of aliphatic hydroxyl groups excluding tert-OH is 13. The third-order valence-electron chi connectivity index (χ3n) is 8.27. The van der Waals surface area contributed by atoms with Gasteiger partial charge in [0.05, 0.1) is 32.5 Å². The van der Waals surface area contributed by atoms with Gasteiger partial charge in [0.2, 0.25) is 0 Å². The van der Waals surface area contributed by atoms with Crippen LogP contribution in [0.15, 0.2) is 0 Å². The monoisotopic (exact) mass is 665 g/mol. The van der Waals surface area contributed by atoms with E-state index in [0.29, 0.717) is 0 Å². The SMILES string of the molecule is NC1C(OC2C(OC3C(O)C(O)OC(COC4OC(CO)C(O)C(O)C4O)C3O)OC(CO)C(O)C2O)OC(CO)C(O)C1O. The molecule has 4 aliphatic heterocycles. The molecule has 20 atom stereocenters. The average Bonchev–Trinajstić information content (AvgIpc) is 3.03. The van der Waals surface area contributed by atoms with Crippen LogP contribution in [-0.2, 0) is 33.2 Å². The molecule has 4 heterocycles. The Morgan fingerprint density at radius 1 is 0.444 bits per heavy atom. The Bertz CT molecular complexity index is 920. The molecule has 4 rings (SSSR count). The van der Waals surface area contributed by atoms with E-state index in [4.69, 9.17) is 38.9 Å². The first-order valence-electron chi connectivity index (χ1n) is 14.2. The molecule has 45 heavy (non-hydrogen) atoms. The highest BCUT2D eigenvalue weighted by Gasteiger charge is 2.54. The molecular formula is C24H43NO20. The molecule has 4 fully saturated rings. The zero-order valence-electron chi connectivity index (χ0n) is 23.6. The van der Waals surface area contributed by atoms with Gasteiger partial charge in [-0.1, -0.05) is 0 Å². The highest BCUT2D eigenvalue weighted by molar-refractivity contribution is 4.97. The average molecular weight is 666 g/mol. The van der Waals surface area contributed by atoms with Crippen LogP contribution in [0.3, 0.4) is 0 Å². The normalized spacial score (nSPS) is 52.9. The van der Waals surface area contributed by atoms with Crippen LogP contribution < -0.4 is 5.73 Å². The van der Waals surface area contributed by atoms with Crippen molar-refractivity contribution in [2.24, 2.45) is 5.73 Å². The zero-order valence-corrected chi connectivity index (χ0v) is 23.6. The van der Waals surface area contributed by atoms with Gasteiger partial charge >= 0.3 is 0 Å². The van der Waals surface area contributed by atoms with Gasteiger partial charge in [-0.15, -0.1) is 0 Å². The van der Waals surface area contributed by atoms with Crippen LogP contribution in [0.2, 0.25) is 0 Å². The quantitative estimate of drug-likeness (QED) is 0.103. The van der Waals surface area contributed by atoms with E-state index in [0.717, 1.165) is 0 Å². The predicted molar refractivity (Wildman–Crippen MR) is 136 cm³/mol. The van der Waals surface area contributed by atoms with E-state index in [-0.39, 0.29) is 0 Å². The van der Waals surface area contributed by atoms with Crippen molar-refractivity contribution in [1.29, 1.82) is 0 Å². The van der Waals surface area contributed by atoms with Crippen LogP contribution in [0.5, 0.6) is 0 Å². The summed E-state index contributed by atoms with van der Waals surface area (Å²) in [5.74, 6) is 0. The van der Waals surface area contributed by atoms with E-state index in [9.17, 15) is 66.4 Å². The summed E-state index contributed by atoms with van der Waals surface area (Å²) in [5, 5.41) is 132. The fraction of sp³-hybridized carbons (Fsp3) is 1.00. The molecule has 0 aliphatic carbocycles. The molecule has 15 N–H and O–H groups in total. The molecule has 0 saturated carbocycles. The maximum absolute atomic E-state index is 11.0. The van der Waals surface area contributed by atoms with E-state index in [1.807, 2.05) is 0 Å². The zero-order chi connectivity index (χ0) is 33.3. The van der Waals surface area contributed by atoms with Gasteiger partial charge in [0.25, 0.3) is 0 Å². The van der Waals surface area contributed by atoms with Crippen molar-refractivity contribution < 1.29 is 99.5 Å². The second-order valence-corrected chi connectivity index (χ2v) is 11.3. The molecular weight excluding hydrogens is 622 g/mol. The van der Waals surface area contributed by atoms with Crippen LogP contribution in [0.1, 0.15) is 0 Å². The Morgan fingerprint density at radius 2 is 0.933 bits per heavy atom. The van der Waals surface area contributed by atoms with Crippen molar-refractivity contribution in [2.45, 2.75) is 123 Å². The minimum absolute atomic E-state index is 0.687. The molecule has 264 valence electrons. The molecule has 0 aromatic rings. The molecule has 4 saturated heterocycles. The summed E-state index contributed by atoms with van der Waals surface area (Å²) in [6.45, 7) is -3.05. The molecule has 4 aliphatic rings. The van der Waals surface area contributed by atoms with Gasteiger partial charge in [0, 0.05) is 0 Å². The number of ether oxygens (including phenoxy) is 7. The highest BCUT2D eigenvalue weighted by Crippen LogP contribution is 2.33. The molecule has 21 heteroatoms. The van der Waals surface area contributed by atoms with E-state index in [1.54, 1.807) is 0 Å². The van der Waals surface area contributed by atoms with Gasteiger partial charge < -0.3 is 105 Å². The molecule has 0 radical (unpaired) electrons. The summed E-state index contributed by atoms with van der Waals surface area (Å²) in [5.41, 5.74) is 5.91. The topological polar surface area (TPSA) is 354 Å². The lowest BCUT2D eigenvalue weighted by molar-refractivity contribution is -0.382. The molecule has 0 amide bonds. The van der Waals surface area contributed by atoms with Crippen molar-refractivity contribution in [2.75, 3.05) is 26.4 Å². The van der Waals surface area contributed by atoms with Crippen molar-refractivity contribution in [3.63, 3.8) is 0 Å². The van der Waals surface area contributed by atoms with E-state index in [2.05, 4.69) is 0 Å². The molecule has 0 bridgehead atoms. The van der Waals surface area contributed by atoms with Crippen LogP contribution in [0, 0.1) is 0 Å². The maximum Gasteiger partial charge on any atom is 0.187 e. The Morgan fingerprint density at radius 3 is 1.51 bits per heavy atom. The van der Waals surface area contributed by atoms with Gasteiger partial charge in [0.15, 0.2) is 25.2 Å². The van der Waals surface area contributed by atoms with Crippen LogP contribution >= 0.6 is 0 Å². The second-order valence-electron chi connectivity index (χ2n) is 11.3. The number of aliphatic hydroxyl groups is 13. The fourth-order valence-corrected chi connectivity index (χ4v) is 5.46. The standard InChI is InChI=1S/C24H43NO20/c25-9-14(33)10(29)5(1-26)41-22(9)45-20-16(35)12(31)7(3-28)43-24(20)44-19-13(32)8(40-21(38)18(19)37)4-39-23-17(36)15(34)11(30)6(2-27)42-23/h5-24,26-38H,1-4,25H2. The summed E-state index contributed by atoms with van der Waals surface area (Å²) >= 11 is 0. The first-order chi connectivity index (χ1) is 21.2. The van der Waals surface area contributed by atoms with Gasteiger partial charge in [-0.3, -0.25) is 0 Å². The second kappa shape index (κ2) is 15.6. The Balaban J connectivity index is 1.50. The fourth-order valence-electron chi connectivity index (χ4n) is 5.46. The lowest BCUT2D eigenvalue weighted by atomic mass is 9.95. The largest absolute Gasteiger partial charge is 0.394 e. The lowest BCUT2D eigenvalue weighted by Gasteiger charge is -2.48. The Hall–Kier alpha value is -0.840. The lowest BCUT2D eigenvalue weighted by Crippen LogP contribution is -2.68. The number of hydrogen-bond donors (Lipinski definition) is 14. The Kier molecular flexibility index (Phi) is 12.8. The van der Waals surface area contributed by atoms with Gasteiger partial charge in [-0.25, -0.2) is 0 Å². The number of rotatable bonds is 10.